The molecule has 0 atom stereocenters. The third-order valence-electron chi connectivity index (χ3n) is 2.69. The first kappa shape index (κ1) is 13.4. The zero-order valence-electron chi connectivity index (χ0n) is 10.1. The van der Waals surface area contributed by atoms with Gasteiger partial charge < -0.3 is 10.4 Å². The number of aryl methyl sites for hydroxylation is 1. The van der Waals surface area contributed by atoms with Crippen molar-refractivity contribution in [2.45, 2.75) is 6.92 Å². The summed E-state index contributed by atoms with van der Waals surface area (Å²) in [5.41, 5.74) is 1.64. The molecule has 0 aliphatic rings. The standard InChI is InChI=1S/C14H11ClFNO2/c1-8-7-9(16)5-6-12(8)17-13-10(14(18)19)3-2-4-11(13)15/h2-7,17H,1H3,(H,18,19). The van der Waals surface area contributed by atoms with Gasteiger partial charge in [0.25, 0.3) is 0 Å². The second kappa shape index (κ2) is 5.28. The highest BCUT2D eigenvalue weighted by Crippen LogP contribution is 2.30. The molecule has 0 saturated carbocycles. The minimum Gasteiger partial charge on any atom is -0.478 e. The molecule has 2 aromatic carbocycles. The summed E-state index contributed by atoms with van der Waals surface area (Å²) in [6.07, 6.45) is 0. The lowest BCUT2D eigenvalue weighted by Gasteiger charge is -2.13. The molecule has 98 valence electrons. The fraction of sp³-hybridized carbons (Fsp3) is 0.0714. The van der Waals surface area contributed by atoms with Gasteiger partial charge in [0, 0.05) is 5.69 Å². The SMILES string of the molecule is Cc1cc(F)ccc1Nc1c(Cl)cccc1C(=O)O. The van der Waals surface area contributed by atoms with E-state index in [0.29, 0.717) is 22.0 Å². The Morgan fingerprint density at radius 3 is 2.68 bits per heavy atom. The van der Waals surface area contributed by atoms with Crippen LogP contribution < -0.4 is 5.32 Å². The molecule has 3 nitrogen and oxygen atoms in total. The van der Waals surface area contributed by atoms with Gasteiger partial charge in [-0.05, 0) is 42.8 Å². The summed E-state index contributed by atoms with van der Waals surface area (Å²) < 4.78 is 13.0. The van der Waals surface area contributed by atoms with Crippen LogP contribution in [0.2, 0.25) is 5.02 Å². The zero-order chi connectivity index (χ0) is 14.0. The first-order valence-electron chi connectivity index (χ1n) is 5.54. The maximum Gasteiger partial charge on any atom is 0.337 e. The Balaban J connectivity index is 2.46. The molecule has 2 aromatic rings. The number of hydrogen-bond donors (Lipinski definition) is 2. The summed E-state index contributed by atoms with van der Waals surface area (Å²) in [4.78, 5) is 11.1. The second-order valence-electron chi connectivity index (χ2n) is 4.05. The normalized spacial score (nSPS) is 10.3. The van der Waals surface area contributed by atoms with E-state index in [1.165, 1.54) is 18.2 Å². The number of benzene rings is 2. The highest BCUT2D eigenvalue weighted by Gasteiger charge is 2.14. The number of rotatable bonds is 3. The summed E-state index contributed by atoms with van der Waals surface area (Å²) in [5.74, 6) is -1.43. The average Bonchev–Trinajstić information content (AvgIpc) is 2.34. The van der Waals surface area contributed by atoms with E-state index in [4.69, 9.17) is 16.7 Å². The molecular formula is C14H11ClFNO2. The van der Waals surface area contributed by atoms with Gasteiger partial charge in [-0.25, -0.2) is 9.18 Å². The van der Waals surface area contributed by atoms with Gasteiger partial charge in [0.2, 0.25) is 0 Å². The van der Waals surface area contributed by atoms with Gasteiger partial charge in [0.05, 0.1) is 16.3 Å². The lowest BCUT2D eigenvalue weighted by atomic mass is 10.1. The lowest BCUT2D eigenvalue weighted by molar-refractivity contribution is 0.0698. The monoisotopic (exact) mass is 279 g/mol. The molecule has 0 saturated heterocycles. The van der Waals surface area contributed by atoms with Gasteiger partial charge in [-0.3, -0.25) is 0 Å². The molecule has 0 heterocycles. The van der Waals surface area contributed by atoms with Crippen molar-refractivity contribution in [2.24, 2.45) is 0 Å². The van der Waals surface area contributed by atoms with Crippen LogP contribution in [0.3, 0.4) is 0 Å². The van der Waals surface area contributed by atoms with Crippen LogP contribution in [0.15, 0.2) is 36.4 Å². The Labute approximate surface area is 114 Å². The summed E-state index contributed by atoms with van der Waals surface area (Å²) >= 11 is 6.01. The molecule has 0 amide bonds. The van der Waals surface area contributed by atoms with Gasteiger partial charge >= 0.3 is 5.97 Å². The van der Waals surface area contributed by atoms with Crippen LogP contribution in [0.1, 0.15) is 15.9 Å². The number of carboxylic acid groups (broad SMARTS) is 1. The van der Waals surface area contributed by atoms with Gasteiger partial charge in [-0.15, -0.1) is 0 Å². The van der Waals surface area contributed by atoms with Crippen LogP contribution in [0.5, 0.6) is 0 Å². The predicted octanol–water partition coefficient (Wildman–Crippen LogP) is 4.23. The first-order chi connectivity index (χ1) is 8.99. The fourth-order valence-corrected chi connectivity index (χ4v) is 1.95. The fourth-order valence-electron chi connectivity index (χ4n) is 1.73. The maximum absolute atomic E-state index is 13.0. The molecule has 19 heavy (non-hydrogen) atoms. The Bertz CT molecular complexity index is 643. The Kier molecular flexibility index (Phi) is 3.71. The third kappa shape index (κ3) is 2.85. The molecule has 0 aliphatic heterocycles. The van der Waals surface area contributed by atoms with Crippen LogP contribution in [0.4, 0.5) is 15.8 Å². The van der Waals surface area contributed by atoms with Crippen molar-refractivity contribution < 1.29 is 14.3 Å². The topological polar surface area (TPSA) is 49.3 Å². The van der Waals surface area contributed by atoms with Gasteiger partial charge in [-0.2, -0.15) is 0 Å². The minimum absolute atomic E-state index is 0.0659. The van der Waals surface area contributed by atoms with E-state index in [2.05, 4.69) is 5.32 Å². The molecule has 0 spiro atoms. The summed E-state index contributed by atoms with van der Waals surface area (Å²) in [7, 11) is 0. The van der Waals surface area contributed by atoms with Crippen LogP contribution in [0.25, 0.3) is 0 Å². The van der Waals surface area contributed by atoms with Crippen molar-refractivity contribution in [3.8, 4) is 0 Å². The van der Waals surface area contributed by atoms with Crippen LogP contribution >= 0.6 is 11.6 Å². The van der Waals surface area contributed by atoms with Crippen molar-refractivity contribution in [1.82, 2.24) is 0 Å². The Morgan fingerprint density at radius 1 is 1.32 bits per heavy atom. The molecule has 0 radical (unpaired) electrons. The summed E-state index contributed by atoms with van der Waals surface area (Å²) in [6.45, 7) is 1.72. The van der Waals surface area contributed by atoms with Crippen LogP contribution in [-0.2, 0) is 0 Å². The quantitative estimate of drug-likeness (QED) is 0.884. The lowest BCUT2D eigenvalue weighted by Crippen LogP contribution is -2.04. The van der Waals surface area contributed by atoms with Crippen LogP contribution in [0, 0.1) is 12.7 Å². The number of para-hydroxylation sites is 1. The van der Waals surface area contributed by atoms with E-state index in [1.54, 1.807) is 25.1 Å². The van der Waals surface area contributed by atoms with Gasteiger partial charge in [0.15, 0.2) is 0 Å². The average molecular weight is 280 g/mol. The van der Waals surface area contributed by atoms with E-state index in [0.717, 1.165) is 0 Å². The number of hydrogen-bond acceptors (Lipinski definition) is 2. The molecule has 5 heteroatoms. The van der Waals surface area contributed by atoms with Crippen molar-refractivity contribution in [3.05, 3.63) is 58.4 Å². The number of carboxylic acids is 1. The summed E-state index contributed by atoms with van der Waals surface area (Å²) in [5, 5.41) is 12.4. The number of nitrogens with one attached hydrogen (secondary N) is 1. The van der Waals surface area contributed by atoms with E-state index >= 15 is 0 Å². The van der Waals surface area contributed by atoms with E-state index in [9.17, 15) is 9.18 Å². The van der Waals surface area contributed by atoms with Gasteiger partial charge in [0.1, 0.15) is 5.82 Å². The third-order valence-corrected chi connectivity index (χ3v) is 3.01. The first-order valence-corrected chi connectivity index (χ1v) is 5.92. The largest absolute Gasteiger partial charge is 0.478 e. The summed E-state index contributed by atoms with van der Waals surface area (Å²) in [6, 6.07) is 8.81. The molecule has 2 rings (SSSR count). The van der Waals surface area contributed by atoms with Crippen molar-refractivity contribution in [1.29, 1.82) is 0 Å². The van der Waals surface area contributed by atoms with E-state index < -0.39 is 5.97 Å². The smallest absolute Gasteiger partial charge is 0.337 e. The number of carbonyl (C=O) groups is 1. The molecular weight excluding hydrogens is 269 g/mol. The highest BCUT2D eigenvalue weighted by atomic mass is 35.5. The minimum atomic E-state index is -1.08. The van der Waals surface area contributed by atoms with Crippen molar-refractivity contribution in [2.75, 3.05) is 5.32 Å². The van der Waals surface area contributed by atoms with E-state index in [-0.39, 0.29) is 11.4 Å². The number of halogens is 2. The zero-order valence-corrected chi connectivity index (χ0v) is 10.8. The molecule has 0 fully saturated rings. The molecule has 2 N–H and O–H groups in total. The van der Waals surface area contributed by atoms with Crippen LogP contribution in [-0.4, -0.2) is 11.1 Å². The van der Waals surface area contributed by atoms with E-state index in [1.807, 2.05) is 0 Å². The number of aromatic carboxylic acids is 1. The molecule has 0 unspecified atom stereocenters. The second-order valence-corrected chi connectivity index (χ2v) is 4.46. The Morgan fingerprint density at radius 2 is 2.05 bits per heavy atom. The highest BCUT2D eigenvalue weighted by molar-refractivity contribution is 6.34. The maximum atomic E-state index is 13.0. The number of anilines is 2. The van der Waals surface area contributed by atoms with Crippen molar-refractivity contribution >= 4 is 28.9 Å². The van der Waals surface area contributed by atoms with Crippen molar-refractivity contribution in [3.63, 3.8) is 0 Å². The molecule has 0 aromatic heterocycles. The molecule has 0 aliphatic carbocycles. The predicted molar refractivity (Wildman–Crippen MR) is 72.8 cm³/mol. The molecule has 0 bridgehead atoms. The van der Waals surface area contributed by atoms with Gasteiger partial charge in [-0.1, -0.05) is 17.7 Å². The Hall–Kier alpha value is -2.07.